The Bertz CT molecular complexity index is 791. The van der Waals surface area contributed by atoms with Crippen LogP contribution in [0.5, 0.6) is 0 Å². The summed E-state index contributed by atoms with van der Waals surface area (Å²) in [6.07, 6.45) is 0.782. The van der Waals surface area contributed by atoms with Crippen LogP contribution in [-0.4, -0.2) is 24.2 Å². The van der Waals surface area contributed by atoms with Crippen molar-refractivity contribution < 1.29 is 14.3 Å². The summed E-state index contributed by atoms with van der Waals surface area (Å²) in [6.45, 7) is 4.64. The van der Waals surface area contributed by atoms with Crippen molar-refractivity contribution in [3.05, 3.63) is 45.4 Å². The summed E-state index contributed by atoms with van der Waals surface area (Å²) < 4.78 is 10.7. The second kappa shape index (κ2) is 5.57. The minimum atomic E-state index is -0.410. The number of rotatable bonds is 2. The Balaban J connectivity index is 2.17. The van der Waals surface area contributed by atoms with Gasteiger partial charge in [-0.1, -0.05) is 13.8 Å². The highest BCUT2D eigenvalue weighted by atomic mass is 16.5. The number of pyridine rings is 1. The number of hydrogen-bond donors (Lipinski definition) is 1. The number of fused-ring (bicyclic) bond motifs is 3. The second-order valence-corrected chi connectivity index (χ2v) is 5.96. The standard InChI is InChI=1S/C17H19NO4/c1-9(2)15-7-14-13(8-22-15)12-6-10(17(20)21-3)4-5-11(12)16(19)18-14/h4-6,9,15H,7-8H2,1-3H3,(H,18,19). The number of esters is 1. The van der Waals surface area contributed by atoms with E-state index in [1.807, 2.05) is 0 Å². The van der Waals surface area contributed by atoms with Crippen LogP contribution in [0, 0.1) is 5.92 Å². The van der Waals surface area contributed by atoms with E-state index >= 15 is 0 Å². The zero-order valence-electron chi connectivity index (χ0n) is 12.9. The smallest absolute Gasteiger partial charge is 0.337 e. The molecule has 3 rings (SSSR count). The first-order valence-electron chi connectivity index (χ1n) is 7.39. The average Bonchev–Trinajstić information content (AvgIpc) is 2.53. The molecule has 0 spiro atoms. The number of H-pyrrole nitrogens is 1. The highest BCUT2D eigenvalue weighted by Gasteiger charge is 2.25. The number of nitrogens with one attached hydrogen (secondary N) is 1. The van der Waals surface area contributed by atoms with E-state index in [0.717, 1.165) is 16.6 Å². The summed E-state index contributed by atoms with van der Waals surface area (Å²) in [5.74, 6) is -0.0264. The Hall–Kier alpha value is -2.14. The maximum absolute atomic E-state index is 12.3. The average molecular weight is 301 g/mol. The van der Waals surface area contributed by atoms with E-state index in [2.05, 4.69) is 18.8 Å². The van der Waals surface area contributed by atoms with Gasteiger partial charge in [0.25, 0.3) is 5.56 Å². The molecule has 0 amide bonds. The molecule has 5 nitrogen and oxygen atoms in total. The molecule has 2 aromatic rings. The van der Waals surface area contributed by atoms with E-state index < -0.39 is 5.97 Å². The fourth-order valence-electron chi connectivity index (χ4n) is 2.90. The molecule has 0 aliphatic carbocycles. The SMILES string of the molecule is COC(=O)c1ccc2c(=O)[nH]c3c(c2c1)COC(C(C)C)C3. The lowest BCUT2D eigenvalue weighted by Crippen LogP contribution is -2.30. The van der Waals surface area contributed by atoms with Gasteiger partial charge in [0.15, 0.2) is 0 Å². The molecule has 0 saturated heterocycles. The highest BCUT2D eigenvalue weighted by molar-refractivity contribution is 5.96. The van der Waals surface area contributed by atoms with Crippen molar-refractivity contribution in [1.82, 2.24) is 4.98 Å². The zero-order chi connectivity index (χ0) is 15.9. The molecule has 1 aliphatic rings. The molecule has 2 heterocycles. The first-order valence-corrected chi connectivity index (χ1v) is 7.39. The van der Waals surface area contributed by atoms with Gasteiger partial charge in [0, 0.05) is 23.1 Å². The molecule has 0 saturated carbocycles. The van der Waals surface area contributed by atoms with Crippen molar-refractivity contribution in [2.45, 2.75) is 33.0 Å². The van der Waals surface area contributed by atoms with Gasteiger partial charge in [-0.05, 0) is 29.5 Å². The largest absolute Gasteiger partial charge is 0.465 e. The lowest BCUT2D eigenvalue weighted by molar-refractivity contribution is -0.000828. The molecule has 1 N–H and O–H groups in total. The van der Waals surface area contributed by atoms with Gasteiger partial charge >= 0.3 is 5.97 Å². The van der Waals surface area contributed by atoms with Crippen LogP contribution in [0.25, 0.3) is 10.8 Å². The molecule has 1 atom stereocenters. The Labute approximate surface area is 128 Å². The van der Waals surface area contributed by atoms with E-state index in [0.29, 0.717) is 29.9 Å². The van der Waals surface area contributed by atoms with Crippen LogP contribution in [-0.2, 0) is 22.5 Å². The lowest BCUT2D eigenvalue weighted by atomic mass is 9.93. The van der Waals surface area contributed by atoms with E-state index in [9.17, 15) is 9.59 Å². The number of carbonyl (C=O) groups excluding carboxylic acids is 1. The van der Waals surface area contributed by atoms with Crippen molar-refractivity contribution in [1.29, 1.82) is 0 Å². The second-order valence-electron chi connectivity index (χ2n) is 5.96. The van der Waals surface area contributed by atoms with Crippen molar-refractivity contribution >= 4 is 16.7 Å². The predicted molar refractivity (Wildman–Crippen MR) is 83.0 cm³/mol. The van der Waals surface area contributed by atoms with Crippen LogP contribution >= 0.6 is 0 Å². The fraction of sp³-hybridized carbons (Fsp3) is 0.412. The number of carbonyl (C=O) groups is 1. The van der Waals surface area contributed by atoms with Gasteiger partial charge in [-0.2, -0.15) is 0 Å². The molecular weight excluding hydrogens is 282 g/mol. The number of hydrogen-bond acceptors (Lipinski definition) is 4. The Morgan fingerprint density at radius 2 is 2.14 bits per heavy atom. The molecule has 0 fully saturated rings. The summed E-state index contributed by atoms with van der Waals surface area (Å²) >= 11 is 0. The topological polar surface area (TPSA) is 68.4 Å². The highest BCUT2D eigenvalue weighted by Crippen LogP contribution is 2.28. The van der Waals surface area contributed by atoms with Crippen molar-refractivity contribution in [3.63, 3.8) is 0 Å². The number of methoxy groups -OCH3 is 1. The van der Waals surface area contributed by atoms with Crippen LogP contribution in [0.15, 0.2) is 23.0 Å². The molecule has 0 radical (unpaired) electrons. The molecular formula is C17H19NO4. The van der Waals surface area contributed by atoms with Crippen LogP contribution < -0.4 is 5.56 Å². The number of benzene rings is 1. The zero-order valence-corrected chi connectivity index (χ0v) is 12.9. The maximum Gasteiger partial charge on any atom is 0.337 e. The third-order valence-electron chi connectivity index (χ3n) is 4.23. The minimum absolute atomic E-state index is 0.101. The molecule has 5 heteroatoms. The van der Waals surface area contributed by atoms with Crippen LogP contribution in [0.3, 0.4) is 0 Å². The van der Waals surface area contributed by atoms with E-state index in [-0.39, 0.29) is 11.7 Å². The number of aromatic nitrogens is 1. The van der Waals surface area contributed by atoms with Gasteiger partial charge in [-0.3, -0.25) is 4.79 Å². The lowest BCUT2D eigenvalue weighted by Gasteiger charge is -2.28. The van der Waals surface area contributed by atoms with Crippen LogP contribution in [0.1, 0.15) is 35.5 Å². The third kappa shape index (κ3) is 2.41. The predicted octanol–water partition coefficient (Wildman–Crippen LogP) is 2.41. The molecule has 1 aliphatic heterocycles. The Morgan fingerprint density at radius 3 is 2.82 bits per heavy atom. The van der Waals surface area contributed by atoms with Gasteiger partial charge in [0.05, 0.1) is 25.4 Å². The van der Waals surface area contributed by atoms with Gasteiger partial charge in [0.2, 0.25) is 0 Å². The molecule has 1 aromatic carbocycles. The van der Waals surface area contributed by atoms with Gasteiger partial charge in [0.1, 0.15) is 0 Å². The van der Waals surface area contributed by atoms with Crippen LogP contribution in [0.2, 0.25) is 0 Å². The van der Waals surface area contributed by atoms with Crippen LogP contribution in [0.4, 0.5) is 0 Å². The summed E-state index contributed by atoms with van der Waals surface area (Å²) in [7, 11) is 1.34. The first-order chi connectivity index (χ1) is 10.5. The molecule has 1 unspecified atom stereocenters. The van der Waals surface area contributed by atoms with Gasteiger partial charge in [-0.25, -0.2) is 4.79 Å². The summed E-state index contributed by atoms with van der Waals surface area (Å²) in [6, 6.07) is 4.99. The molecule has 0 bridgehead atoms. The minimum Gasteiger partial charge on any atom is -0.465 e. The van der Waals surface area contributed by atoms with Gasteiger partial charge in [-0.15, -0.1) is 0 Å². The summed E-state index contributed by atoms with van der Waals surface area (Å²) in [4.78, 5) is 26.9. The first kappa shape index (κ1) is 14.8. The summed E-state index contributed by atoms with van der Waals surface area (Å²) in [5.41, 5.74) is 2.17. The summed E-state index contributed by atoms with van der Waals surface area (Å²) in [5, 5.41) is 1.34. The quantitative estimate of drug-likeness (QED) is 0.865. The van der Waals surface area contributed by atoms with E-state index in [1.54, 1.807) is 18.2 Å². The Morgan fingerprint density at radius 1 is 1.36 bits per heavy atom. The normalized spacial score (nSPS) is 17.5. The molecule has 22 heavy (non-hydrogen) atoms. The maximum atomic E-state index is 12.3. The van der Waals surface area contributed by atoms with Crippen molar-refractivity contribution in [2.24, 2.45) is 5.92 Å². The number of ether oxygens (including phenoxy) is 2. The molecule has 1 aromatic heterocycles. The fourth-order valence-corrected chi connectivity index (χ4v) is 2.90. The van der Waals surface area contributed by atoms with Crippen molar-refractivity contribution in [3.8, 4) is 0 Å². The van der Waals surface area contributed by atoms with E-state index in [4.69, 9.17) is 9.47 Å². The third-order valence-corrected chi connectivity index (χ3v) is 4.23. The molecule has 116 valence electrons. The van der Waals surface area contributed by atoms with Crippen molar-refractivity contribution in [2.75, 3.05) is 7.11 Å². The monoisotopic (exact) mass is 301 g/mol. The number of aromatic amines is 1. The van der Waals surface area contributed by atoms with E-state index in [1.165, 1.54) is 7.11 Å². The Kier molecular flexibility index (Phi) is 3.74. The van der Waals surface area contributed by atoms with Gasteiger partial charge < -0.3 is 14.5 Å².